The van der Waals surface area contributed by atoms with E-state index in [1.807, 2.05) is 4.90 Å². The molecule has 1 fully saturated rings. The predicted molar refractivity (Wildman–Crippen MR) is 93.8 cm³/mol. The van der Waals surface area contributed by atoms with Crippen LogP contribution in [0.25, 0.3) is 0 Å². The molecular weight excluding hydrogens is 322 g/mol. The van der Waals surface area contributed by atoms with Crippen LogP contribution < -0.4 is 10.3 Å². The smallest absolute Gasteiger partial charge is 0.293 e. The Morgan fingerprint density at radius 3 is 2.64 bits per heavy atom. The molecule has 8 heteroatoms. The Kier molecular flexibility index (Phi) is 4.98. The van der Waals surface area contributed by atoms with Crippen LogP contribution in [-0.4, -0.2) is 35.1 Å². The third-order valence-electron chi connectivity index (χ3n) is 3.97. The number of hydrogen-bond acceptors (Lipinski definition) is 6. The first-order valence-electron chi connectivity index (χ1n) is 7.92. The molecule has 1 aliphatic rings. The Morgan fingerprint density at radius 1 is 1.24 bits per heavy atom. The lowest BCUT2D eigenvalue weighted by atomic mass is 10.1. The maximum atomic E-state index is 11.9. The van der Waals surface area contributed by atoms with E-state index in [2.05, 4.69) is 15.5 Å². The summed E-state index contributed by atoms with van der Waals surface area (Å²) in [6.45, 7) is 1.66. The van der Waals surface area contributed by atoms with Gasteiger partial charge in [-0.1, -0.05) is 6.07 Å². The molecule has 0 radical (unpaired) electrons. The van der Waals surface area contributed by atoms with Crippen molar-refractivity contribution in [3.63, 3.8) is 0 Å². The van der Waals surface area contributed by atoms with Gasteiger partial charge in [-0.25, -0.2) is 5.43 Å². The summed E-state index contributed by atoms with van der Waals surface area (Å²) in [5, 5.41) is 15.2. The van der Waals surface area contributed by atoms with Crippen molar-refractivity contribution in [2.24, 2.45) is 5.10 Å². The van der Waals surface area contributed by atoms with E-state index in [-0.39, 0.29) is 16.5 Å². The van der Waals surface area contributed by atoms with Crippen molar-refractivity contribution in [2.45, 2.75) is 12.8 Å². The van der Waals surface area contributed by atoms with Crippen molar-refractivity contribution < 1.29 is 9.72 Å². The standard InChI is InChI=1S/C17H17N5O3/c23-17(14-5-7-18-8-6-14)20-19-12-13-3-4-15(16(11-13)22(24)25)21-9-1-2-10-21/h3-8,11-12H,1-2,9-10H2,(H,20,23). The summed E-state index contributed by atoms with van der Waals surface area (Å²) >= 11 is 0. The number of carbonyl (C=O) groups is 1. The zero-order valence-corrected chi connectivity index (χ0v) is 13.5. The molecule has 0 atom stereocenters. The molecule has 0 bridgehead atoms. The summed E-state index contributed by atoms with van der Waals surface area (Å²) < 4.78 is 0. The van der Waals surface area contributed by atoms with Gasteiger partial charge in [0, 0.05) is 42.7 Å². The van der Waals surface area contributed by atoms with E-state index < -0.39 is 0 Å². The normalized spacial score (nSPS) is 14.0. The van der Waals surface area contributed by atoms with Gasteiger partial charge in [-0.2, -0.15) is 5.10 Å². The second kappa shape index (κ2) is 7.52. The van der Waals surface area contributed by atoms with Gasteiger partial charge in [0.15, 0.2) is 0 Å². The SMILES string of the molecule is O=C(NN=Cc1ccc(N2CCCC2)c([N+](=O)[O-])c1)c1ccncc1. The number of aromatic nitrogens is 1. The average Bonchev–Trinajstić information content (AvgIpc) is 3.16. The number of nitro groups is 1. The van der Waals surface area contributed by atoms with E-state index in [9.17, 15) is 14.9 Å². The summed E-state index contributed by atoms with van der Waals surface area (Å²) in [4.78, 5) is 28.7. The molecule has 0 aliphatic carbocycles. The average molecular weight is 339 g/mol. The zero-order valence-electron chi connectivity index (χ0n) is 13.5. The van der Waals surface area contributed by atoms with Crippen molar-refractivity contribution in [1.29, 1.82) is 0 Å². The minimum Gasteiger partial charge on any atom is -0.366 e. The molecule has 1 aliphatic heterocycles. The van der Waals surface area contributed by atoms with Crippen molar-refractivity contribution in [1.82, 2.24) is 10.4 Å². The summed E-state index contributed by atoms with van der Waals surface area (Å²) in [6.07, 6.45) is 6.50. The minimum absolute atomic E-state index is 0.0475. The van der Waals surface area contributed by atoms with Crippen molar-refractivity contribution in [2.75, 3.05) is 18.0 Å². The van der Waals surface area contributed by atoms with Crippen molar-refractivity contribution >= 4 is 23.5 Å². The quantitative estimate of drug-likeness (QED) is 0.512. The highest BCUT2D eigenvalue weighted by Crippen LogP contribution is 2.31. The summed E-state index contributed by atoms with van der Waals surface area (Å²) in [7, 11) is 0. The molecule has 2 heterocycles. The van der Waals surface area contributed by atoms with Gasteiger partial charge < -0.3 is 4.90 Å². The number of nitro benzene ring substituents is 1. The Labute approximate surface area is 144 Å². The van der Waals surface area contributed by atoms with E-state index in [0.29, 0.717) is 16.8 Å². The maximum Gasteiger partial charge on any atom is 0.293 e. The molecule has 1 saturated heterocycles. The fourth-order valence-corrected chi connectivity index (χ4v) is 2.73. The number of nitrogens with zero attached hydrogens (tertiary/aromatic N) is 4. The molecule has 3 rings (SSSR count). The van der Waals surface area contributed by atoms with E-state index in [0.717, 1.165) is 25.9 Å². The molecule has 0 unspecified atom stereocenters. The molecule has 2 aromatic rings. The fourth-order valence-electron chi connectivity index (χ4n) is 2.73. The van der Waals surface area contributed by atoms with Crippen LogP contribution in [-0.2, 0) is 0 Å². The Morgan fingerprint density at radius 2 is 1.96 bits per heavy atom. The predicted octanol–water partition coefficient (Wildman–Crippen LogP) is 2.35. The van der Waals surface area contributed by atoms with Crippen LogP contribution in [0.3, 0.4) is 0 Å². The minimum atomic E-state index is -0.388. The number of rotatable bonds is 5. The Balaban J connectivity index is 1.73. The molecule has 25 heavy (non-hydrogen) atoms. The first-order chi connectivity index (χ1) is 12.1. The van der Waals surface area contributed by atoms with Crippen LogP contribution in [0.2, 0.25) is 0 Å². The zero-order chi connectivity index (χ0) is 17.6. The highest BCUT2D eigenvalue weighted by atomic mass is 16.6. The van der Waals surface area contributed by atoms with Gasteiger partial charge in [0.2, 0.25) is 0 Å². The largest absolute Gasteiger partial charge is 0.366 e. The first kappa shape index (κ1) is 16.6. The Hall–Kier alpha value is -3.29. The molecule has 1 aromatic heterocycles. The third-order valence-corrected chi connectivity index (χ3v) is 3.97. The number of carbonyl (C=O) groups excluding carboxylic acids is 1. The molecule has 1 N–H and O–H groups in total. The van der Waals surface area contributed by atoms with Gasteiger partial charge in [0.25, 0.3) is 11.6 Å². The third kappa shape index (κ3) is 3.97. The van der Waals surface area contributed by atoms with Gasteiger partial charge in [-0.05, 0) is 31.0 Å². The van der Waals surface area contributed by atoms with Crippen LogP contribution in [0.1, 0.15) is 28.8 Å². The van der Waals surface area contributed by atoms with Crippen LogP contribution in [0.15, 0.2) is 47.8 Å². The summed E-state index contributed by atoms with van der Waals surface area (Å²) in [5.41, 5.74) is 4.04. The second-order valence-electron chi connectivity index (χ2n) is 5.63. The lowest BCUT2D eigenvalue weighted by molar-refractivity contribution is -0.384. The van der Waals surface area contributed by atoms with Gasteiger partial charge in [0.1, 0.15) is 5.69 Å². The van der Waals surface area contributed by atoms with Crippen LogP contribution >= 0.6 is 0 Å². The van der Waals surface area contributed by atoms with Gasteiger partial charge >= 0.3 is 0 Å². The monoisotopic (exact) mass is 339 g/mol. The molecular formula is C17H17N5O3. The topological polar surface area (TPSA) is 101 Å². The highest BCUT2D eigenvalue weighted by molar-refractivity contribution is 5.94. The van der Waals surface area contributed by atoms with E-state index in [1.54, 1.807) is 24.3 Å². The lowest BCUT2D eigenvalue weighted by Crippen LogP contribution is -2.19. The number of amides is 1. The van der Waals surface area contributed by atoms with E-state index in [4.69, 9.17) is 0 Å². The molecule has 0 saturated carbocycles. The highest BCUT2D eigenvalue weighted by Gasteiger charge is 2.22. The fraction of sp³-hybridized carbons (Fsp3) is 0.235. The van der Waals surface area contributed by atoms with E-state index >= 15 is 0 Å². The van der Waals surface area contributed by atoms with Gasteiger partial charge in [-0.15, -0.1) is 0 Å². The molecule has 1 aromatic carbocycles. The van der Waals surface area contributed by atoms with E-state index in [1.165, 1.54) is 24.7 Å². The number of pyridine rings is 1. The first-order valence-corrected chi connectivity index (χ1v) is 7.92. The number of benzene rings is 1. The van der Waals surface area contributed by atoms with Crippen LogP contribution in [0.4, 0.5) is 11.4 Å². The lowest BCUT2D eigenvalue weighted by Gasteiger charge is -2.17. The number of nitrogens with one attached hydrogen (secondary N) is 1. The molecule has 0 spiro atoms. The maximum absolute atomic E-state index is 11.9. The number of hydrogen-bond donors (Lipinski definition) is 1. The van der Waals surface area contributed by atoms with Crippen molar-refractivity contribution in [3.8, 4) is 0 Å². The molecule has 1 amide bonds. The van der Waals surface area contributed by atoms with Crippen LogP contribution in [0.5, 0.6) is 0 Å². The van der Waals surface area contributed by atoms with Gasteiger partial charge in [-0.3, -0.25) is 19.9 Å². The van der Waals surface area contributed by atoms with Crippen LogP contribution in [0, 0.1) is 10.1 Å². The molecule has 8 nitrogen and oxygen atoms in total. The Bertz CT molecular complexity index is 801. The molecule has 128 valence electrons. The summed E-state index contributed by atoms with van der Waals surface area (Å²) in [6, 6.07) is 8.09. The summed E-state index contributed by atoms with van der Waals surface area (Å²) in [5.74, 6) is -0.373. The number of anilines is 1. The van der Waals surface area contributed by atoms with Crippen molar-refractivity contribution in [3.05, 3.63) is 64.0 Å². The second-order valence-corrected chi connectivity index (χ2v) is 5.63. The van der Waals surface area contributed by atoms with Gasteiger partial charge in [0.05, 0.1) is 11.1 Å². The number of hydrazone groups is 1.